The number of aromatic amines is 1. The lowest BCUT2D eigenvalue weighted by Crippen LogP contribution is -2.42. The lowest BCUT2D eigenvalue weighted by molar-refractivity contribution is -0.155. The van der Waals surface area contributed by atoms with Crippen molar-refractivity contribution in [2.75, 3.05) is 65.9 Å². The number of amides is 2. The van der Waals surface area contributed by atoms with Gasteiger partial charge in [-0.05, 0) is 51.7 Å². The number of fused-ring (bicyclic) bond motifs is 1. The molecule has 2 aromatic rings. The molecule has 0 saturated heterocycles. The maximum absolute atomic E-state index is 12.0. The summed E-state index contributed by atoms with van der Waals surface area (Å²) < 4.78 is 27.0. The number of carbonyl (C=O) groups excluding carboxylic acids is 3. The maximum atomic E-state index is 12.0. The molecule has 1 aromatic carbocycles. The van der Waals surface area contributed by atoms with Gasteiger partial charge < -0.3 is 45.0 Å². The molecule has 2 rings (SSSR count). The van der Waals surface area contributed by atoms with Crippen LogP contribution in [-0.4, -0.2) is 100 Å². The van der Waals surface area contributed by atoms with E-state index < -0.39 is 11.6 Å². The summed E-state index contributed by atoms with van der Waals surface area (Å²) in [4.78, 5) is 39.0. The molecule has 12 nitrogen and oxygen atoms in total. The minimum atomic E-state index is -0.778. The molecule has 0 aliphatic heterocycles. The van der Waals surface area contributed by atoms with Crippen LogP contribution in [0.4, 0.5) is 0 Å². The van der Waals surface area contributed by atoms with Crippen molar-refractivity contribution in [2.45, 2.75) is 64.5 Å². The molecular weight excluding hydrogens is 556 g/mol. The second kappa shape index (κ2) is 20.8. The predicted octanol–water partition coefficient (Wildman–Crippen LogP) is 2.24. The molecule has 0 saturated carbocycles. The van der Waals surface area contributed by atoms with Crippen LogP contribution in [0.5, 0.6) is 0 Å². The molecule has 0 bridgehead atoms. The summed E-state index contributed by atoms with van der Waals surface area (Å²) in [5.74, 6) is -0.677. The molecular formula is C31H50N4O8. The van der Waals surface area contributed by atoms with Crippen molar-refractivity contribution in [1.29, 1.82) is 0 Å². The Kier molecular flexibility index (Phi) is 17.5. The van der Waals surface area contributed by atoms with Gasteiger partial charge in [0.2, 0.25) is 11.8 Å². The van der Waals surface area contributed by atoms with Gasteiger partial charge in [0.1, 0.15) is 5.60 Å². The summed E-state index contributed by atoms with van der Waals surface area (Å²) in [6.07, 6.45) is 4.46. The van der Waals surface area contributed by atoms with Gasteiger partial charge in [0.15, 0.2) is 0 Å². The van der Waals surface area contributed by atoms with Crippen LogP contribution in [0, 0.1) is 0 Å². The van der Waals surface area contributed by atoms with Crippen molar-refractivity contribution in [3.8, 4) is 0 Å². The highest BCUT2D eigenvalue weighted by molar-refractivity contribution is 5.83. The van der Waals surface area contributed by atoms with E-state index in [1.807, 2.05) is 18.3 Å². The van der Waals surface area contributed by atoms with E-state index in [-0.39, 0.29) is 30.6 Å². The number of rotatable bonds is 23. The Bertz CT molecular complexity index is 1090. The Balaban J connectivity index is 1.30. The van der Waals surface area contributed by atoms with Gasteiger partial charge in [0.05, 0.1) is 58.9 Å². The Morgan fingerprint density at radius 1 is 0.837 bits per heavy atom. The topological polar surface area (TPSA) is 163 Å². The first-order valence-corrected chi connectivity index (χ1v) is 15.0. The van der Waals surface area contributed by atoms with Crippen LogP contribution in [0.3, 0.4) is 0 Å². The maximum Gasteiger partial charge on any atom is 0.306 e. The number of nitrogens with two attached hydrogens (primary N) is 1. The van der Waals surface area contributed by atoms with E-state index in [9.17, 15) is 14.4 Å². The zero-order valence-electron chi connectivity index (χ0n) is 25.9. The van der Waals surface area contributed by atoms with Crippen LogP contribution in [0.1, 0.15) is 52.0 Å². The smallest absolute Gasteiger partial charge is 0.306 e. The predicted molar refractivity (Wildman–Crippen MR) is 164 cm³/mol. The van der Waals surface area contributed by atoms with Gasteiger partial charge in [-0.25, -0.2) is 0 Å². The van der Waals surface area contributed by atoms with Crippen molar-refractivity contribution < 1.29 is 38.1 Å². The zero-order chi connectivity index (χ0) is 31.3. The first-order valence-electron chi connectivity index (χ1n) is 15.0. The molecule has 242 valence electrons. The van der Waals surface area contributed by atoms with Crippen molar-refractivity contribution in [3.63, 3.8) is 0 Å². The Hall–Kier alpha value is -3.03. The van der Waals surface area contributed by atoms with Gasteiger partial charge in [0.25, 0.3) is 0 Å². The summed E-state index contributed by atoms with van der Waals surface area (Å²) in [6, 6.07) is 7.40. The van der Waals surface area contributed by atoms with Gasteiger partial charge in [0, 0.05) is 43.0 Å². The van der Waals surface area contributed by atoms with Crippen molar-refractivity contribution in [1.82, 2.24) is 15.6 Å². The number of ether oxygens (including phenoxy) is 5. The number of aromatic nitrogens is 1. The van der Waals surface area contributed by atoms with Gasteiger partial charge in [-0.15, -0.1) is 0 Å². The Morgan fingerprint density at radius 3 is 2.05 bits per heavy atom. The molecule has 43 heavy (non-hydrogen) atoms. The largest absolute Gasteiger partial charge is 0.460 e. The lowest BCUT2D eigenvalue weighted by Gasteiger charge is -2.20. The van der Waals surface area contributed by atoms with Crippen molar-refractivity contribution in [3.05, 3.63) is 36.0 Å². The summed E-state index contributed by atoms with van der Waals surface area (Å²) in [6.45, 7) is 9.46. The molecule has 1 aromatic heterocycles. The number of hydrogen-bond donors (Lipinski definition) is 4. The minimum Gasteiger partial charge on any atom is -0.460 e. The molecule has 1 atom stereocenters. The summed E-state index contributed by atoms with van der Waals surface area (Å²) in [5, 5.41) is 6.78. The Morgan fingerprint density at radius 2 is 1.42 bits per heavy atom. The number of H-pyrrole nitrogens is 1. The molecule has 0 fully saturated rings. The third-order valence-electron chi connectivity index (χ3n) is 6.17. The van der Waals surface area contributed by atoms with Crippen molar-refractivity contribution in [2.24, 2.45) is 5.73 Å². The van der Waals surface area contributed by atoms with Gasteiger partial charge in [-0.1, -0.05) is 18.2 Å². The van der Waals surface area contributed by atoms with Gasteiger partial charge in [-0.2, -0.15) is 0 Å². The van der Waals surface area contributed by atoms with Crippen LogP contribution in [0.15, 0.2) is 30.5 Å². The molecule has 0 unspecified atom stereocenters. The average Bonchev–Trinajstić information content (AvgIpc) is 3.37. The van der Waals surface area contributed by atoms with E-state index in [1.165, 1.54) is 10.9 Å². The van der Waals surface area contributed by atoms with Crippen LogP contribution in [0.25, 0.3) is 10.9 Å². The normalized spacial score (nSPS) is 12.3. The lowest BCUT2D eigenvalue weighted by atomic mass is 10.1. The van der Waals surface area contributed by atoms with Crippen LogP contribution >= 0.6 is 0 Å². The first kappa shape index (κ1) is 36.2. The van der Waals surface area contributed by atoms with Crippen molar-refractivity contribution >= 4 is 28.7 Å². The number of para-hydroxylation sites is 1. The highest BCUT2D eigenvalue weighted by atomic mass is 16.6. The molecule has 0 aliphatic rings. The standard InChI is InChI=1S/C31H50N4O8/c1-31(2,3)43-29(37)12-11-26(32)30(38)34-14-16-40-18-20-42-22-21-41-19-17-39-15-13-33-28(36)10-6-7-24-23-35-27-9-5-4-8-25(24)27/h4-5,8-9,23,26,35H,6-7,10-22,32H2,1-3H3,(H,33,36)(H,34,38)/t26-/m1/s1. The quantitative estimate of drug-likeness (QED) is 0.110. The Labute approximate surface area is 254 Å². The monoisotopic (exact) mass is 606 g/mol. The fourth-order valence-electron chi connectivity index (χ4n) is 4.07. The van der Waals surface area contributed by atoms with Crippen LogP contribution < -0.4 is 16.4 Å². The zero-order valence-corrected chi connectivity index (χ0v) is 25.9. The second-order valence-corrected chi connectivity index (χ2v) is 11.0. The highest BCUT2D eigenvalue weighted by Gasteiger charge is 2.19. The molecule has 1 heterocycles. The molecule has 0 radical (unpaired) electrons. The number of nitrogens with one attached hydrogen (secondary N) is 3. The molecule has 5 N–H and O–H groups in total. The fraction of sp³-hybridized carbons (Fsp3) is 0.645. The minimum absolute atomic E-state index is 0.0295. The van der Waals surface area contributed by atoms with E-state index in [0.717, 1.165) is 18.4 Å². The summed E-state index contributed by atoms with van der Waals surface area (Å²) in [7, 11) is 0. The third-order valence-corrected chi connectivity index (χ3v) is 6.17. The fourth-order valence-corrected chi connectivity index (χ4v) is 4.07. The van der Waals surface area contributed by atoms with Crippen LogP contribution in [0.2, 0.25) is 0 Å². The van der Waals surface area contributed by atoms with E-state index in [4.69, 9.17) is 29.4 Å². The van der Waals surface area contributed by atoms with Crippen LogP contribution in [-0.2, 0) is 44.5 Å². The van der Waals surface area contributed by atoms with Gasteiger partial charge in [-0.3, -0.25) is 14.4 Å². The number of aryl methyl sites for hydroxylation is 1. The number of esters is 1. The SMILES string of the molecule is CC(C)(C)OC(=O)CC[C@@H](N)C(=O)NCCOCCOCCOCCOCCNC(=O)CCCc1c[nH]c2ccccc12. The highest BCUT2D eigenvalue weighted by Crippen LogP contribution is 2.19. The molecule has 0 aliphatic carbocycles. The summed E-state index contributed by atoms with van der Waals surface area (Å²) in [5.41, 5.74) is 7.62. The van der Waals surface area contributed by atoms with E-state index >= 15 is 0 Å². The van der Waals surface area contributed by atoms with Gasteiger partial charge >= 0.3 is 5.97 Å². The first-order chi connectivity index (χ1) is 20.7. The summed E-state index contributed by atoms with van der Waals surface area (Å²) >= 11 is 0. The number of benzene rings is 1. The second-order valence-electron chi connectivity index (χ2n) is 11.0. The molecule has 12 heteroatoms. The van der Waals surface area contributed by atoms with E-state index in [0.29, 0.717) is 72.4 Å². The molecule has 2 amide bonds. The van der Waals surface area contributed by atoms with E-state index in [1.54, 1.807) is 20.8 Å². The number of carbonyl (C=O) groups is 3. The van der Waals surface area contributed by atoms with E-state index in [2.05, 4.69) is 27.8 Å². The average molecular weight is 607 g/mol. The molecule has 0 spiro atoms. The number of hydrogen-bond acceptors (Lipinski definition) is 9. The third kappa shape index (κ3) is 17.0.